The summed E-state index contributed by atoms with van der Waals surface area (Å²) < 4.78 is 20.5. The van der Waals surface area contributed by atoms with Crippen LogP contribution in [0.1, 0.15) is 11.4 Å². The Kier molecular flexibility index (Phi) is 4.98. The summed E-state index contributed by atoms with van der Waals surface area (Å²) in [7, 11) is 1.95. The van der Waals surface area contributed by atoms with Crippen molar-refractivity contribution in [2.24, 2.45) is 7.05 Å². The van der Waals surface area contributed by atoms with Crippen molar-refractivity contribution in [2.75, 3.05) is 0 Å². The first-order valence-electron chi connectivity index (χ1n) is 7.27. The molecule has 118 valence electrons. The molecule has 0 saturated carbocycles. The van der Waals surface area contributed by atoms with Gasteiger partial charge in [-0.25, -0.2) is 9.37 Å². The summed E-state index contributed by atoms with van der Waals surface area (Å²) in [6.45, 7) is 0.452. The molecule has 1 aromatic heterocycles. The summed E-state index contributed by atoms with van der Waals surface area (Å²) in [5, 5.41) is 0. The maximum atomic E-state index is 12.9. The van der Waals surface area contributed by atoms with Crippen molar-refractivity contribution < 1.29 is 9.13 Å². The molecule has 0 N–H and O–H groups in total. The smallest absolute Gasteiger partial charge is 0.146 e. The van der Waals surface area contributed by atoms with Crippen LogP contribution in [0.5, 0.6) is 5.75 Å². The summed E-state index contributed by atoms with van der Waals surface area (Å²) in [5.41, 5.74) is 1.20. The Balaban J connectivity index is 1.52. The average Bonchev–Trinajstić information content (AvgIpc) is 2.98. The Hall–Kier alpha value is -2.27. The Morgan fingerprint density at radius 3 is 2.48 bits per heavy atom. The number of ether oxygens (including phenoxy) is 1. The van der Waals surface area contributed by atoms with Crippen LogP contribution < -0.4 is 4.74 Å². The van der Waals surface area contributed by atoms with Crippen LogP contribution in [0, 0.1) is 5.82 Å². The maximum Gasteiger partial charge on any atom is 0.146 e. The molecule has 3 nitrogen and oxygen atoms in total. The van der Waals surface area contributed by atoms with E-state index in [1.807, 2.05) is 42.1 Å². The van der Waals surface area contributed by atoms with Crippen molar-refractivity contribution in [2.45, 2.75) is 17.3 Å². The minimum Gasteiger partial charge on any atom is -0.486 e. The number of imidazole rings is 1. The molecule has 0 radical (unpaired) electrons. The summed E-state index contributed by atoms with van der Waals surface area (Å²) in [5.74, 6) is 2.35. The summed E-state index contributed by atoms with van der Waals surface area (Å²) in [6.07, 6.45) is 3.66. The average molecular weight is 328 g/mol. The van der Waals surface area contributed by atoms with Crippen molar-refractivity contribution in [1.29, 1.82) is 0 Å². The first-order valence-corrected chi connectivity index (χ1v) is 8.25. The Labute approximate surface area is 139 Å². The highest BCUT2D eigenvalue weighted by Crippen LogP contribution is 2.24. The minimum atomic E-state index is -0.205. The van der Waals surface area contributed by atoms with E-state index in [1.54, 1.807) is 30.1 Å². The highest BCUT2D eigenvalue weighted by molar-refractivity contribution is 7.98. The van der Waals surface area contributed by atoms with E-state index in [4.69, 9.17) is 4.74 Å². The summed E-state index contributed by atoms with van der Waals surface area (Å²) >= 11 is 1.68. The van der Waals surface area contributed by atoms with E-state index < -0.39 is 0 Å². The second kappa shape index (κ2) is 7.33. The van der Waals surface area contributed by atoms with Crippen LogP contribution >= 0.6 is 11.8 Å². The third-order valence-corrected chi connectivity index (χ3v) is 4.51. The Morgan fingerprint density at radius 2 is 1.83 bits per heavy atom. The molecule has 0 spiro atoms. The normalized spacial score (nSPS) is 10.7. The van der Waals surface area contributed by atoms with Gasteiger partial charge in [-0.15, -0.1) is 11.8 Å². The van der Waals surface area contributed by atoms with Crippen LogP contribution in [0.2, 0.25) is 0 Å². The lowest BCUT2D eigenvalue weighted by Gasteiger charge is -2.07. The van der Waals surface area contributed by atoms with Gasteiger partial charge in [-0.1, -0.05) is 12.1 Å². The van der Waals surface area contributed by atoms with E-state index in [9.17, 15) is 4.39 Å². The number of nitrogens with zero attached hydrogens (tertiary/aromatic N) is 2. The fourth-order valence-corrected chi connectivity index (χ4v) is 2.92. The number of aromatic nitrogens is 2. The van der Waals surface area contributed by atoms with Crippen LogP contribution in [0.3, 0.4) is 0 Å². The SMILES string of the molecule is Cn1ccnc1COc1ccc(CSc2ccc(F)cc2)cc1. The quantitative estimate of drug-likeness (QED) is 0.626. The van der Waals surface area contributed by atoms with Gasteiger partial charge < -0.3 is 9.30 Å². The van der Waals surface area contributed by atoms with Crippen molar-refractivity contribution in [1.82, 2.24) is 9.55 Å². The maximum absolute atomic E-state index is 12.9. The molecule has 0 fully saturated rings. The predicted octanol–water partition coefficient (Wildman–Crippen LogP) is 4.43. The largest absolute Gasteiger partial charge is 0.486 e. The molecule has 1 heterocycles. The Morgan fingerprint density at radius 1 is 1.09 bits per heavy atom. The van der Waals surface area contributed by atoms with Crippen LogP contribution in [-0.4, -0.2) is 9.55 Å². The molecule has 3 aromatic rings. The molecule has 2 aromatic carbocycles. The van der Waals surface area contributed by atoms with E-state index in [1.165, 1.54) is 17.7 Å². The van der Waals surface area contributed by atoms with Gasteiger partial charge in [0, 0.05) is 30.1 Å². The molecule has 0 aliphatic heterocycles. The molecular weight excluding hydrogens is 311 g/mol. The zero-order valence-corrected chi connectivity index (χ0v) is 13.6. The highest BCUT2D eigenvalue weighted by atomic mass is 32.2. The molecule has 23 heavy (non-hydrogen) atoms. The molecule has 0 saturated heterocycles. The van der Waals surface area contributed by atoms with Gasteiger partial charge >= 0.3 is 0 Å². The molecule has 0 aliphatic rings. The van der Waals surface area contributed by atoms with Crippen LogP contribution in [0.4, 0.5) is 4.39 Å². The number of halogens is 1. The topological polar surface area (TPSA) is 27.1 Å². The fourth-order valence-electron chi connectivity index (χ4n) is 2.06. The number of aryl methyl sites for hydroxylation is 1. The number of thioether (sulfide) groups is 1. The molecule has 0 amide bonds. The lowest BCUT2D eigenvalue weighted by Crippen LogP contribution is -2.02. The second-order valence-electron chi connectivity index (χ2n) is 5.13. The van der Waals surface area contributed by atoms with Crippen LogP contribution in [0.25, 0.3) is 0 Å². The number of benzene rings is 2. The summed E-state index contributed by atoms with van der Waals surface area (Å²) in [6, 6.07) is 14.6. The number of hydrogen-bond acceptors (Lipinski definition) is 3. The van der Waals surface area contributed by atoms with E-state index in [-0.39, 0.29) is 5.82 Å². The second-order valence-corrected chi connectivity index (χ2v) is 6.18. The summed E-state index contributed by atoms with van der Waals surface area (Å²) in [4.78, 5) is 5.28. The van der Waals surface area contributed by atoms with Crippen molar-refractivity contribution in [3.8, 4) is 5.75 Å². The van der Waals surface area contributed by atoms with Gasteiger partial charge in [0.25, 0.3) is 0 Å². The standard InChI is InChI=1S/C18H17FN2OS/c1-21-11-10-20-18(21)12-22-16-6-2-14(3-7-16)13-23-17-8-4-15(19)5-9-17/h2-11H,12-13H2,1H3. The van der Waals surface area contributed by atoms with Gasteiger partial charge in [-0.05, 0) is 42.0 Å². The number of rotatable bonds is 6. The molecular formula is C18H17FN2OS. The molecule has 0 atom stereocenters. The van der Waals surface area contributed by atoms with Crippen LogP contribution in [-0.2, 0) is 19.4 Å². The van der Waals surface area contributed by atoms with E-state index in [0.29, 0.717) is 6.61 Å². The number of hydrogen-bond donors (Lipinski definition) is 0. The molecule has 3 rings (SSSR count). The van der Waals surface area contributed by atoms with Gasteiger partial charge in [-0.2, -0.15) is 0 Å². The minimum absolute atomic E-state index is 0.205. The van der Waals surface area contributed by atoms with Crippen LogP contribution in [0.15, 0.2) is 65.8 Å². The van der Waals surface area contributed by atoms with Gasteiger partial charge in [0.1, 0.15) is 24.0 Å². The zero-order valence-electron chi connectivity index (χ0n) is 12.8. The Bertz CT molecular complexity index is 753. The lowest BCUT2D eigenvalue weighted by molar-refractivity contribution is 0.292. The third-order valence-electron chi connectivity index (χ3n) is 3.43. The van der Waals surface area contributed by atoms with Crippen molar-refractivity contribution >= 4 is 11.8 Å². The fraction of sp³-hybridized carbons (Fsp3) is 0.167. The molecule has 5 heteroatoms. The van der Waals surface area contributed by atoms with E-state index in [2.05, 4.69) is 4.98 Å². The van der Waals surface area contributed by atoms with Gasteiger partial charge in [0.2, 0.25) is 0 Å². The first-order chi connectivity index (χ1) is 11.2. The van der Waals surface area contributed by atoms with Crippen molar-refractivity contribution in [3.63, 3.8) is 0 Å². The first kappa shape index (κ1) is 15.6. The lowest BCUT2D eigenvalue weighted by atomic mass is 10.2. The highest BCUT2D eigenvalue weighted by Gasteiger charge is 2.02. The van der Waals surface area contributed by atoms with Crippen molar-refractivity contribution in [3.05, 3.63) is 78.1 Å². The van der Waals surface area contributed by atoms with Gasteiger partial charge in [-0.3, -0.25) is 0 Å². The van der Waals surface area contributed by atoms with E-state index >= 15 is 0 Å². The predicted molar refractivity (Wildman–Crippen MR) is 89.9 cm³/mol. The molecule has 0 unspecified atom stereocenters. The van der Waals surface area contributed by atoms with Gasteiger partial charge in [0.15, 0.2) is 0 Å². The zero-order chi connectivity index (χ0) is 16.1. The molecule has 0 aliphatic carbocycles. The monoisotopic (exact) mass is 328 g/mol. The van der Waals surface area contributed by atoms with Gasteiger partial charge in [0.05, 0.1) is 0 Å². The third kappa shape index (κ3) is 4.36. The molecule has 0 bridgehead atoms. The van der Waals surface area contributed by atoms with E-state index in [0.717, 1.165) is 22.2 Å².